The summed E-state index contributed by atoms with van der Waals surface area (Å²) in [6, 6.07) is 9.67. The topological polar surface area (TPSA) is 52.6 Å². The van der Waals surface area contributed by atoms with Crippen molar-refractivity contribution in [1.82, 2.24) is 10.2 Å². The van der Waals surface area contributed by atoms with E-state index < -0.39 is 6.10 Å². The van der Waals surface area contributed by atoms with Crippen molar-refractivity contribution in [2.24, 2.45) is 0 Å². The first-order chi connectivity index (χ1) is 9.74. The van der Waals surface area contributed by atoms with Crippen molar-refractivity contribution in [3.8, 4) is 0 Å². The lowest BCUT2D eigenvalue weighted by Crippen LogP contribution is -2.38. The van der Waals surface area contributed by atoms with Crippen molar-refractivity contribution in [2.75, 3.05) is 26.2 Å². The molecule has 2 N–H and O–H groups in total. The van der Waals surface area contributed by atoms with E-state index in [0.717, 1.165) is 18.7 Å². The molecule has 1 aliphatic heterocycles. The molecule has 1 amide bonds. The fourth-order valence-electron chi connectivity index (χ4n) is 2.34. The van der Waals surface area contributed by atoms with Crippen molar-refractivity contribution in [2.45, 2.75) is 18.9 Å². The number of benzene rings is 1. The predicted molar refractivity (Wildman–Crippen MR) is 80.2 cm³/mol. The van der Waals surface area contributed by atoms with Gasteiger partial charge in [0.25, 0.3) is 0 Å². The van der Waals surface area contributed by atoms with E-state index in [0.29, 0.717) is 13.1 Å². The van der Waals surface area contributed by atoms with E-state index in [-0.39, 0.29) is 5.91 Å². The molecular weight excluding hydrogens is 252 g/mol. The second kappa shape index (κ2) is 7.82. The van der Waals surface area contributed by atoms with Gasteiger partial charge < -0.3 is 15.3 Å². The number of nitrogens with zero attached hydrogens (tertiary/aromatic N) is 1. The molecule has 0 radical (unpaired) electrons. The van der Waals surface area contributed by atoms with Crippen LogP contribution in [0.5, 0.6) is 0 Å². The van der Waals surface area contributed by atoms with Gasteiger partial charge in [-0.25, -0.2) is 0 Å². The van der Waals surface area contributed by atoms with E-state index in [1.54, 1.807) is 6.08 Å². The predicted octanol–water partition coefficient (Wildman–Crippen LogP) is 1.27. The first kappa shape index (κ1) is 14.8. The van der Waals surface area contributed by atoms with Gasteiger partial charge in [-0.2, -0.15) is 0 Å². The van der Waals surface area contributed by atoms with Gasteiger partial charge in [0.1, 0.15) is 0 Å². The van der Waals surface area contributed by atoms with Crippen LogP contribution in [0.2, 0.25) is 0 Å². The lowest BCUT2D eigenvalue weighted by atomic mass is 10.2. The summed E-state index contributed by atoms with van der Waals surface area (Å²) in [5.74, 6) is -0.172. The number of rotatable bonds is 6. The molecule has 4 nitrogen and oxygen atoms in total. The van der Waals surface area contributed by atoms with Crippen LogP contribution in [0, 0.1) is 0 Å². The van der Waals surface area contributed by atoms with E-state index in [9.17, 15) is 9.90 Å². The molecule has 0 bridgehead atoms. The molecule has 1 heterocycles. The van der Waals surface area contributed by atoms with E-state index in [4.69, 9.17) is 0 Å². The van der Waals surface area contributed by atoms with Crippen LogP contribution in [0.1, 0.15) is 18.4 Å². The van der Waals surface area contributed by atoms with Crippen molar-refractivity contribution in [3.05, 3.63) is 42.0 Å². The van der Waals surface area contributed by atoms with Gasteiger partial charge in [0.15, 0.2) is 0 Å². The molecule has 1 aliphatic rings. The van der Waals surface area contributed by atoms with Gasteiger partial charge in [0, 0.05) is 19.2 Å². The Bertz CT molecular complexity index is 439. The Labute approximate surface area is 120 Å². The Hall–Kier alpha value is -1.65. The lowest BCUT2D eigenvalue weighted by molar-refractivity contribution is -0.116. The van der Waals surface area contributed by atoms with Crippen LogP contribution in [-0.4, -0.2) is 48.2 Å². The van der Waals surface area contributed by atoms with Crippen molar-refractivity contribution >= 4 is 12.0 Å². The maximum Gasteiger partial charge on any atom is 0.244 e. The van der Waals surface area contributed by atoms with E-state index in [2.05, 4.69) is 10.2 Å². The average molecular weight is 274 g/mol. The smallest absolute Gasteiger partial charge is 0.244 e. The number of amides is 1. The fourth-order valence-corrected chi connectivity index (χ4v) is 2.34. The summed E-state index contributed by atoms with van der Waals surface area (Å²) in [6.07, 6.45) is 5.18. The standard InChI is InChI=1S/C16H22N2O2/c19-15(13-18-10-4-5-11-18)12-17-16(20)9-8-14-6-2-1-3-7-14/h1-3,6-9,15,19H,4-5,10-13H2,(H,17,20). The SMILES string of the molecule is O=C(C=Cc1ccccc1)NCC(O)CN1CCCC1. The molecule has 1 fully saturated rings. The Balaban J connectivity index is 1.67. The minimum Gasteiger partial charge on any atom is -0.390 e. The fraction of sp³-hybridized carbons (Fsp3) is 0.438. The summed E-state index contributed by atoms with van der Waals surface area (Å²) < 4.78 is 0. The van der Waals surface area contributed by atoms with Crippen molar-refractivity contribution in [1.29, 1.82) is 0 Å². The number of aliphatic hydroxyl groups is 1. The van der Waals surface area contributed by atoms with Gasteiger partial charge in [-0.05, 0) is 37.6 Å². The number of nitrogens with one attached hydrogen (secondary N) is 1. The van der Waals surface area contributed by atoms with Crippen LogP contribution >= 0.6 is 0 Å². The first-order valence-electron chi connectivity index (χ1n) is 7.15. The van der Waals surface area contributed by atoms with Gasteiger partial charge in [0.05, 0.1) is 6.10 Å². The Morgan fingerprint density at radius 2 is 2.00 bits per heavy atom. The molecule has 1 unspecified atom stereocenters. The third-order valence-corrected chi connectivity index (χ3v) is 3.41. The highest BCUT2D eigenvalue weighted by Gasteiger charge is 2.15. The van der Waals surface area contributed by atoms with Crippen LogP contribution in [0.25, 0.3) is 6.08 Å². The number of carbonyl (C=O) groups excluding carboxylic acids is 1. The molecule has 20 heavy (non-hydrogen) atoms. The average Bonchev–Trinajstić information content (AvgIpc) is 2.97. The number of likely N-dealkylation sites (tertiary alicyclic amines) is 1. The highest BCUT2D eigenvalue weighted by molar-refractivity contribution is 5.91. The van der Waals surface area contributed by atoms with Gasteiger partial charge >= 0.3 is 0 Å². The quantitative estimate of drug-likeness (QED) is 0.768. The van der Waals surface area contributed by atoms with Crippen LogP contribution in [0.3, 0.4) is 0 Å². The molecule has 0 spiro atoms. The second-order valence-corrected chi connectivity index (χ2v) is 5.15. The lowest BCUT2D eigenvalue weighted by Gasteiger charge is -2.19. The van der Waals surface area contributed by atoms with Crippen LogP contribution in [0.4, 0.5) is 0 Å². The van der Waals surface area contributed by atoms with E-state index >= 15 is 0 Å². The minimum absolute atomic E-state index is 0.172. The molecule has 0 aliphatic carbocycles. The van der Waals surface area contributed by atoms with Gasteiger partial charge in [-0.1, -0.05) is 30.3 Å². The van der Waals surface area contributed by atoms with E-state index in [1.807, 2.05) is 30.3 Å². The van der Waals surface area contributed by atoms with Crippen LogP contribution in [-0.2, 0) is 4.79 Å². The molecule has 1 atom stereocenters. The Kier molecular flexibility index (Phi) is 5.77. The largest absolute Gasteiger partial charge is 0.390 e. The number of β-amino-alcohol motifs (C(OH)–C–C–N with tert-alkyl or cyclic N) is 1. The Morgan fingerprint density at radius 1 is 1.30 bits per heavy atom. The van der Waals surface area contributed by atoms with Crippen molar-refractivity contribution in [3.63, 3.8) is 0 Å². The second-order valence-electron chi connectivity index (χ2n) is 5.15. The zero-order chi connectivity index (χ0) is 14.2. The summed E-state index contributed by atoms with van der Waals surface area (Å²) in [4.78, 5) is 13.9. The summed E-state index contributed by atoms with van der Waals surface area (Å²) in [5, 5.41) is 12.6. The number of carbonyl (C=O) groups is 1. The monoisotopic (exact) mass is 274 g/mol. The van der Waals surface area contributed by atoms with Gasteiger partial charge in [0.2, 0.25) is 5.91 Å². The minimum atomic E-state index is -0.498. The molecule has 4 heteroatoms. The maximum atomic E-state index is 11.6. The third kappa shape index (κ3) is 5.15. The molecule has 0 aromatic heterocycles. The summed E-state index contributed by atoms with van der Waals surface area (Å²) in [6.45, 7) is 3.05. The highest BCUT2D eigenvalue weighted by Crippen LogP contribution is 2.07. The highest BCUT2D eigenvalue weighted by atomic mass is 16.3. The summed E-state index contributed by atoms with van der Waals surface area (Å²) in [5.41, 5.74) is 0.986. The number of hydrogen-bond acceptors (Lipinski definition) is 3. The molecule has 1 aromatic rings. The normalized spacial score (nSPS) is 17.4. The molecule has 0 saturated carbocycles. The zero-order valence-corrected chi connectivity index (χ0v) is 11.7. The molecule has 1 saturated heterocycles. The van der Waals surface area contributed by atoms with Gasteiger partial charge in [-0.15, -0.1) is 0 Å². The maximum absolute atomic E-state index is 11.6. The summed E-state index contributed by atoms with van der Waals surface area (Å²) >= 11 is 0. The van der Waals surface area contributed by atoms with Crippen LogP contribution < -0.4 is 5.32 Å². The van der Waals surface area contributed by atoms with Crippen LogP contribution in [0.15, 0.2) is 36.4 Å². The molecule has 108 valence electrons. The van der Waals surface area contributed by atoms with Crippen molar-refractivity contribution < 1.29 is 9.90 Å². The van der Waals surface area contributed by atoms with Gasteiger partial charge in [-0.3, -0.25) is 4.79 Å². The third-order valence-electron chi connectivity index (χ3n) is 3.41. The molecular formula is C16H22N2O2. The summed E-state index contributed by atoms with van der Waals surface area (Å²) in [7, 11) is 0. The van der Waals surface area contributed by atoms with E-state index in [1.165, 1.54) is 18.9 Å². The molecule has 2 rings (SSSR count). The number of hydrogen-bond donors (Lipinski definition) is 2. The number of aliphatic hydroxyl groups excluding tert-OH is 1. The Morgan fingerprint density at radius 3 is 2.70 bits per heavy atom. The molecule has 1 aromatic carbocycles. The zero-order valence-electron chi connectivity index (χ0n) is 11.7. The first-order valence-corrected chi connectivity index (χ1v) is 7.15.